The lowest BCUT2D eigenvalue weighted by molar-refractivity contribution is -0.147. The fourth-order valence-electron chi connectivity index (χ4n) is 1.59. The number of ether oxygens (including phenoxy) is 3. The summed E-state index contributed by atoms with van der Waals surface area (Å²) in [6, 6.07) is 7.41. The smallest absolute Gasteiger partial charge is 0.346 e. The molecule has 116 valence electrons. The van der Waals surface area contributed by atoms with E-state index in [1.807, 2.05) is 0 Å². The fraction of sp³-hybridized carbons (Fsp3) is 0.200. The molecule has 2 rings (SSSR count). The van der Waals surface area contributed by atoms with Crippen LogP contribution in [0.25, 0.3) is 0 Å². The molecule has 1 aromatic carbocycles. The number of hydrogen-bond acceptors (Lipinski definition) is 5. The number of rotatable bonds is 5. The van der Waals surface area contributed by atoms with Crippen molar-refractivity contribution >= 4 is 17.6 Å². The molecule has 0 spiro atoms. The number of pyridine rings is 1. The van der Waals surface area contributed by atoms with Gasteiger partial charge in [-0.05, 0) is 37.3 Å². The number of carbonyl (C=O) groups is 1. The summed E-state index contributed by atoms with van der Waals surface area (Å²) in [5.41, 5.74) is 0. The molecule has 5 nitrogen and oxygen atoms in total. The lowest BCUT2D eigenvalue weighted by Crippen LogP contribution is -2.24. The summed E-state index contributed by atoms with van der Waals surface area (Å²) >= 11 is 5.61. The molecule has 0 aliphatic carbocycles. The molecule has 22 heavy (non-hydrogen) atoms. The van der Waals surface area contributed by atoms with Crippen molar-refractivity contribution in [1.82, 2.24) is 4.98 Å². The minimum atomic E-state index is -0.729. The normalized spacial score (nSPS) is 11.6. The third-order valence-electron chi connectivity index (χ3n) is 2.66. The van der Waals surface area contributed by atoms with Gasteiger partial charge in [0.1, 0.15) is 11.5 Å². The number of carbonyl (C=O) groups excluding carboxylic acids is 1. The first-order chi connectivity index (χ1) is 10.5. The van der Waals surface area contributed by atoms with Gasteiger partial charge < -0.3 is 14.2 Å². The lowest BCUT2D eigenvalue weighted by Gasteiger charge is -2.12. The lowest BCUT2D eigenvalue weighted by atomic mass is 10.3. The first-order valence-electron chi connectivity index (χ1n) is 6.33. The molecule has 0 unspecified atom stereocenters. The SMILES string of the molecule is COC(=O)[C@@H](C)Oc1ccc(Oc2ncc(Cl)cc2F)cc1. The monoisotopic (exact) mass is 325 g/mol. The predicted molar refractivity (Wildman–Crippen MR) is 77.8 cm³/mol. The van der Waals surface area contributed by atoms with E-state index in [2.05, 4.69) is 9.72 Å². The van der Waals surface area contributed by atoms with Crippen LogP contribution in [0.2, 0.25) is 5.02 Å². The van der Waals surface area contributed by atoms with Crippen molar-refractivity contribution in [3.05, 3.63) is 47.4 Å². The molecule has 0 aliphatic heterocycles. The van der Waals surface area contributed by atoms with Crippen LogP contribution in [0.15, 0.2) is 36.5 Å². The zero-order valence-electron chi connectivity index (χ0n) is 11.9. The Morgan fingerprint density at radius 3 is 2.50 bits per heavy atom. The maximum Gasteiger partial charge on any atom is 0.346 e. The number of benzene rings is 1. The molecular formula is C15H13ClFNO4. The van der Waals surface area contributed by atoms with Gasteiger partial charge in [-0.15, -0.1) is 0 Å². The first-order valence-corrected chi connectivity index (χ1v) is 6.71. The van der Waals surface area contributed by atoms with E-state index in [0.29, 0.717) is 11.5 Å². The summed E-state index contributed by atoms with van der Waals surface area (Å²) in [7, 11) is 1.28. The summed E-state index contributed by atoms with van der Waals surface area (Å²) in [6.07, 6.45) is 0.558. The molecule has 1 heterocycles. The Morgan fingerprint density at radius 2 is 1.91 bits per heavy atom. The van der Waals surface area contributed by atoms with E-state index in [4.69, 9.17) is 21.1 Å². The summed E-state index contributed by atoms with van der Waals surface area (Å²) in [5, 5.41) is 0.186. The molecule has 0 saturated carbocycles. The molecule has 7 heteroatoms. The third kappa shape index (κ3) is 4.08. The van der Waals surface area contributed by atoms with Crippen LogP contribution in [-0.2, 0) is 9.53 Å². The summed E-state index contributed by atoms with van der Waals surface area (Å²) in [5.74, 6) is -0.498. The second-order valence-corrected chi connectivity index (χ2v) is 4.73. The largest absolute Gasteiger partial charge is 0.479 e. The summed E-state index contributed by atoms with van der Waals surface area (Å²) < 4.78 is 28.8. The number of esters is 1. The molecule has 2 aromatic rings. The zero-order chi connectivity index (χ0) is 16.1. The van der Waals surface area contributed by atoms with Crippen LogP contribution in [-0.4, -0.2) is 24.2 Å². The first kappa shape index (κ1) is 16.0. The Kier molecular flexibility index (Phi) is 5.16. The van der Waals surface area contributed by atoms with E-state index in [1.165, 1.54) is 13.3 Å². The van der Waals surface area contributed by atoms with Gasteiger partial charge in [-0.3, -0.25) is 0 Å². The Morgan fingerprint density at radius 1 is 1.27 bits per heavy atom. The maximum atomic E-state index is 13.6. The molecule has 0 aliphatic rings. The van der Waals surface area contributed by atoms with Gasteiger partial charge in [0.05, 0.1) is 12.1 Å². The summed E-state index contributed by atoms with van der Waals surface area (Å²) in [4.78, 5) is 15.0. The van der Waals surface area contributed by atoms with Crippen LogP contribution < -0.4 is 9.47 Å². The highest BCUT2D eigenvalue weighted by molar-refractivity contribution is 6.30. The van der Waals surface area contributed by atoms with Gasteiger partial charge in [0.25, 0.3) is 5.88 Å². The molecule has 0 saturated heterocycles. The molecule has 0 bridgehead atoms. The van der Waals surface area contributed by atoms with Gasteiger partial charge in [-0.2, -0.15) is 0 Å². The average Bonchev–Trinajstić information content (AvgIpc) is 2.51. The second kappa shape index (κ2) is 7.09. The maximum absolute atomic E-state index is 13.6. The number of nitrogens with zero attached hydrogens (tertiary/aromatic N) is 1. The van der Waals surface area contributed by atoms with Crippen molar-refractivity contribution in [2.75, 3.05) is 7.11 Å². The van der Waals surface area contributed by atoms with Crippen LogP contribution >= 0.6 is 11.6 Å². The minimum Gasteiger partial charge on any atom is -0.479 e. The van der Waals surface area contributed by atoms with Gasteiger partial charge in [0.15, 0.2) is 11.9 Å². The van der Waals surface area contributed by atoms with Crippen molar-refractivity contribution < 1.29 is 23.4 Å². The zero-order valence-corrected chi connectivity index (χ0v) is 12.6. The van der Waals surface area contributed by atoms with Crippen LogP contribution in [0.5, 0.6) is 17.4 Å². The molecule has 0 N–H and O–H groups in total. The molecule has 0 fully saturated rings. The standard InChI is InChI=1S/C15H13ClFNO4/c1-9(15(19)20-2)21-11-3-5-12(6-4-11)22-14-13(17)7-10(16)8-18-14/h3-9H,1-2H3/t9-/m1/s1. The van der Waals surface area contributed by atoms with E-state index in [-0.39, 0.29) is 10.9 Å². The molecule has 0 amide bonds. The van der Waals surface area contributed by atoms with Crippen molar-refractivity contribution in [1.29, 1.82) is 0 Å². The van der Waals surface area contributed by atoms with E-state index in [9.17, 15) is 9.18 Å². The number of aromatic nitrogens is 1. The van der Waals surface area contributed by atoms with E-state index < -0.39 is 17.9 Å². The van der Waals surface area contributed by atoms with Crippen molar-refractivity contribution in [3.63, 3.8) is 0 Å². The van der Waals surface area contributed by atoms with Crippen LogP contribution in [0.3, 0.4) is 0 Å². The topological polar surface area (TPSA) is 57.7 Å². The third-order valence-corrected chi connectivity index (χ3v) is 2.86. The van der Waals surface area contributed by atoms with Gasteiger partial charge >= 0.3 is 5.97 Å². The second-order valence-electron chi connectivity index (χ2n) is 4.30. The Bertz CT molecular complexity index is 663. The Hall–Kier alpha value is -2.34. The quantitative estimate of drug-likeness (QED) is 0.786. The highest BCUT2D eigenvalue weighted by Gasteiger charge is 2.14. The van der Waals surface area contributed by atoms with E-state index >= 15 is 0 Å². The van der Waals surface area contributed by atoms with Crippen LogP contribution in [0.1, 0.15) is 6.92 Å². The Balaban J connectivity index is 2.04. The fourth-order valence-corrected chi connectivity index (χ4v) is 1.74. The van der Waals surface area contributed by atoms with Crippen LogP contribution in [0.4, 0.5) is 4.39 Å². The van der Waals surface area contributed by atoms with E-state index in [1.54, 1.807) is 31.2 Å². The number of hydrogen-bond donors (Lipinski definition) is 0. The molecular weight excluding hydrogens is 313 g/mol. The molecule has 1 atom stereocenters. The van der Waals surface area contributed by atoms with E-state index in [0.717, 1.165) is 6.07 Å². The van der Waals surface area contributed by atoms with Crippen LogP contribution in [0, 0.1) is 5.82 Å². The van der Waals surface area contributed by atoms with Crippen molar-refractivity contribution in [2.24, 2.45) is 0 Å². The predicted octanol–water partition coefficient (Wildman–Crippen LogP) is 3.61. The van der Waals surface area contributed by atoms with Gasteiger partial charge in [-0.25, -0.2) is 14.2 Å². The van der Waals surface area contributed by atoms with Gasteiger partial charge in [0, 0.05) is 6.20 Å². The van der Waals surface area contributed by atoms with Crippen molar-refractivity contribution in [2.45, 2.75) is 13.0 Å². The van der Waals surface area contributed by atoms with Gasteiger partial charge in [0.2, 0.25) is 0 Å². The highest BCUT2D eigenvalue weighted by Crippen LogP contribution is 2.26. The molecule has 0 radical (unpaired) electrons. The Labute approximate surface area is 131 Å². The van der Waals surface area contributed by atoms with Crippen molar-refractivity contribution in [3.8, 4) is 17.4 Å². The summed E-state index contributed by atoms with van der Waals surface area (Å²) in [6.45, 7) is 1.57. The number of halogens is 2. The minimum absolute atomic E-state index is 0.180. The number of methoxy groups -OCH3 is 1. The average molecular weight is 326 g/mol. The molecule has 1 aromatic heterocycles. The van der Waals surface area contributed by atoms with Gasteiger partial charge in [-0.1, -0.05) is 11.6 Å². The highest BCUT2D eigenvalue weighted by atomic mass is 35.5.